The Balaban J connectivity index is 1.87. The lowest BCUT2D eigenvalue weighted by Crippen LogP contribution is -2.16. The van der Waals surface area contributed by atoms with Gasteiger partial charge in [-0.05, 0) is 55.2 Å². The van der Waals surface area contributed by atoms with Crippen LogP contribution in [0, 0.1) is 17.8 Å². The van der Waals surface area contributed by atoms with Crippen LogP contribution in [0.4, 0.5) is 0 Å². The second kappa shape index (κ2) is 5.16. The van der Waals surface area contributed by atoms with Crippen LogP contribution >= 0.6 is 31.9 Å². The van der Waals surface area contributed by atoms with Crippen LogP contribution in [0.25, 0.3) is 0 Å². The summed E-state index contributed by atoms with van der Waals surface area (Å²) in [5.41, 5.74) is 1.30. The molecule has 0 heterocycles. The van der Waals surface area contributed by atoms with Crippen molar-refractivity contribution < 1.29 is 4.74 Å². The molecule has 2 bridgehead atoms. The number of ether oxygens (including phenoxy) is 1. The molecule has 0 aromatic heterocycles. The fourth-order valence-electron chi connectivity index (χ4n) is 3.80. The number of methoxy groups -OCH3 is 1. The smallest absolute Gasteiger partial charge is 0.123 e. The maximum atomic E-state index is 5.51. The molecule has 18 heavy (non-hydrogen) atoms. The molecule has 2 aliphatic carbocycles. The zero-order valence-electron chi connectivity index (χ0n) is 10.5. The molecule has 2 fully saturated rings. The van der Waals surface area contributed by atoms with Gasteiger partial charge in [-0.3, -0.25) is 0 Å². The van der Waals surface area contributed by atoms with E-state index < -0.39 is 0 Å². The number of benzene rings is 1. The lowest BCUT2D eigenvalue weighted by Gasteiger charge is -2.28. The maximum absolute atomic E-state index is 5.51. The summed E-state index contributed by atoms with van der Waals surface area (Å²) in [5.74, 6) is 3.69. The van der Waals surface area contributed by atoms with E-state index in [4.69, 9.17) is 4.74 Å². The number of hydrogen-bond donors (Lipinski definition) is 0. The minimum atomic E-state index is 0.431. The summed E-state index contributed by atoms with van der Waals surface area (Å²) in [5, 5.41) is 0. The van der Waals surface area contributed by atoms with E-state index in [2.05, 4.69) is 44.0 Å². The van der Waals surface area contributed by atoms with Crippen LogP contribution in [0.2, 0.25) is 0 Å². The summed E-state index contributed by atoms with van der Waals surface area (Å²) in [7, 11) is 1.76. The Morgan fingerprint density at radius 3 is 2.72 bits per heavy atom. The zero-order chi connectivity index (χ0) is 12.7. The first-order chi connectivity index (χ1) is 8.69. The molecular weight excluding hydrogens is 356 g/mol. The van der Waals surface area contributed by atoms with Gasteiger partial charge in [0.25, 0.3) is 0 Å². The van der Waals surface area contributed by atoms with Crippen LogP contribution in [-0.4, -0.2) is 7.11 Å². The average molecular weight is 374 g/mol. The minimum Gasteiger partial charge on any atom is -0.496 e. The highest BCUT2D eigenvalue weighted by Gasteiger charge is 2.43. The number of hydrogen-bond acceptors (Lipinski definition) is 1. The maximum Gasteiger partial charge on any atom is 0.123 e. The highest BCUT2D eigenvalue weighted by Crippen LogP contribution is 2.55. The Morgan fingerprint density at radius 2 is 2.11 bits per heavy atom. The molecule has 2 saturated carbocycles. The molecule has 3 heteroatoms. The monoisotopic (exact) mass is 372 g/mol. The summed E-state index contributed by atoms with van der Waals surface area (Å²) < 4.78 is 6.64. The first-order valence-electron chi connectivity index (χ1n) is 6.66. The van der Waals surface area contributed by atoms with Crippen LogP contribution in [-0.2, 0) is 0 Å². The summed E-state index contributed by atoms with van der Waals surface area (Å²) in [4.78, 5) is 0.431. The Kier molecular flexibility index (Phi) is 3.72. The summed E-state index contributed by atoms with van der Waals surface area (Å²) in [6, 6.07) is 6.30. The minimum absolute atomic E-state index is 0.431. The standard InChI is InChI=1S/C15H18Br2O/c1-18-14-5-4-11(16)8-13(14)15(17)12-7-9-2-3-10(12)6-9/h4-5,8-10,12,15H,2-3,6-7H2,1H3. The molecule has 0 radical (unpaired) electrons. The largest absolute Gasteiger partial charge is 0.496 e. The van der Waals surface area contributed by atoms with Crippen LogP contribution in [0.1, 0.15) is 36.1 Å². The van der Waals surface area contributed by atoms with E-state index in [0.717, 1.165) is 28.0 Å². The lowest BCUT2D eigenvalue weighted by atomic mass is 9.84. The summed E-state index contributed by atoms with van der Waals surface area (Å²) in [6.45, 7) is 0. The Bertz CT molecular complexity index is 446. The molecule has 4 unspecified atom stereocenters. The SMILES string of the molecule is COc1ccc(Br)cc1C(Br)C1CC2CCC1C2. The number of fused-ring (bicyclic) bond motifs is 2. The normalized spacial score (nSPS) is 31.6. The average Bonchev–Trinajstić information content (AvgIpc) is 3.00. The van der Waals surface area contributed by atoms with E-state index in [0.29, 0.717) is 4.83 Å². The van der Waals surface area contributed by atoms with Gasteiger partial charge in [0.05, 0.1) is 7.11 Å². The molecule has 1 aromatic carbocycles. The molecule has 0 saturated heterocycles. The van der Waals surface area contributed by atoms with Crippen LogP contribution in [0.15, 0.2) is 22.7 Å². The number of halogens is 2. The van der Waals surface area contributed by atoms with E-state index in [1.165, 1.54) is 31.2 Å². The quantitative estimate of drug-likeness (QED) is 0.650. The van der Waals surface area contributed by atoms with Crippen molar-refractivity contribution in [2.24, 2.45) is 17.8 Å². The molecular formula is C15H18Br2O. The van der Waals surface area contributed by atoms with Crippen molar-refractivity contribution in [3.05, 3.63) is 28.2 Å². The molecule has 0 N–H and O–H groups in total. The van der Waals surface area contributed by atoms with Gasteiger partial charge < -0.3 is 4.74 Å². The van der Waals surface area contributed by atoms with Gasteiger partial charge in [0, 0.05) is 14.9 Å². The predicted molar refractivity (Wildman–Crippen MR) is 81.3 cm³/mol. The molecule has 98 valence electrons. The highest BCUT2D eigenvalue weighted by molar-refractivity contribution is 9.10. The number of rotatable bonds is 3. The predicted octanol–water partition coefficient (Wildman–Crippen LogP) is 5.33. The lowest BCUT2D eigenvalue weighted by molar-refractivity contribution is 0.323. The summed E-state index contributed by atoms with van der Waals surface area (Å²) in [6.07, 6.45) is 5.71. The molecule has 0 amide bonds. The second-order valence-electron chi connectivity index (χ2n) is 5.63. The van der Waals surface area contributed by atoms with Crippen molar-refractivity contribution in [3.63, 3.8) is 0 Å². The van der Waals surface area contributed by atoms with Crippen molar-refractivity contribution in [1.29, 1.82) is 0 Å². The van der Waals surface area contributed by atoms with Crippen LogP contribution < -0.4 is 4.74 Å². The summed E-state index contributed by atoms with van der Waals surface area (Å²) >= 11 is 7.51. The molecule has 4 atom stereocenters. The Labute approximate surface area is 126 Å². The fourth-order valence-corrected chi connectivity index (χ4v) is 5.19. The van der Waals surface area contributed by atoms with E-state index >= 15 is 0 Å². The van der Waals surface area contributed by atoms with Gasteiger partial charge in [-0.2, -0.15) is 0 Å². The van der Waals surface area contributed by atoms with Gasteiger partial charge in [0.1, 0.15) is 5.75 Å². The first-order valence-corrected chi connectivity index (χ1v) is 8.37. The van der Waals surface area contributed by atoms with Gasteiger partial charge in [-0.25, -0.2) is 0 Å². The van der Waals surface area contributed by atoms with E-state index in [1.807, 2.05) is 6.07 Å². The van der Waals surface area contributed by atoms with Gasteiger partial charge >= 0.3 is 0 Å². The third-order valence-corrected chi connectivity index (χ3v) is 6.32. The Hall–Kier alpha value is -0.0200. The van der Waals surface area contributed by atoms with E-state index in [1.54, 1.807) is 7.11 Å². The van der Waals surface area contributed by atoms with Crippen molar-refractivity contribution in [2.45, 2.75) is 30.5 Å². The molecule has 3 rings (SSSR count). The van der Waals surface area contributed by atoms with Crippen molar-refractivity contribution in [1.82, 2.24) is 0 Å². The zero-order valence-corrected chi connectivity index (χ0v) is 13.7. The van der Waals surface area contributed by atoms with Crippen molar-refractivity contribution in [2.75, 3.05) is 7.11 Å². The highest BCUT2D eigenvalue weighted by atomic mass is 79.9. The van der Waals surface area contributed by atoms with Gasteiger partial charge in [-0.15, -0.1) is 0 Å². The van der Waals surface area contributed by atoms with Gasteiger partial charge in [-0.1, -0.05) is 38.3 Å². The third-order valence-electron chi connectivity index (χ3n) is 4.66. The molecule has 2 aliphatic rings. The van der Waals surface area contributed by atoms with Crippen LogP contribution in [0.5, 0.6) is 5.75 Å². The number of alkyl halides is 1. The third kappa shape index (κ3) is 2.24. The van der Waals surface area contributed by atoms with E-state index in [-0.39, 0.29) is 0 Å². The second-order valence-corrected chi connectivity index (χ2v) is 7.53. The molecule has 1 aromatic rings. The van der Waals surface area contributed by atoms with Crippen molar-refractivity contribution in [3.8, 4) is 5.75 Å². The fraction of sp³-hybridized carbons (Fsp3) is 0.600. The molecule has 0 aliphatic heterocycles. The molecule has 0 spiro atoms. The van der Waals surface area contributed by atoms with E-state index in [9.17, 15) is 0 Å². The van der Waals surface area contributed by atoms with Gasteiger partial charge in [0.15, 0.2) is 0 Å². The van der Waals surface area contributed by atoms with Crippen LogP contribution in [0.3, 0.4) is 0 Å². The Morgan fingerprint density at radius 1 is 1.28 bits per heavy atom. The van der Waals surface area contributed by atoms with Crippen molar-refractivity contribution >= 4 is 31.9 Å². The first kappa shape index (κ1) is 13.0. The van der Waals surface area contributed by atoms with Gasteiger partial charge in [0.2, 0.25) is 0 Å². The topological polar surface area (TPSA) is 9.23 Å². The molecule has 1 nitrogen and oxygen atoms in total.